The van der Waals surface area contributed by atoms with Gasteiger partial charge in [0.25, 0.3) is 0 Å². The molecular formula is C12H20O4. The molecule has 1 aliphatic heterocycles. The summed E-state index contributed by atoms with van der Waals surface area (Å²) in [5.74, 6) is -0.402. The smallest absolute Gasteiger partial charge is 0.333 e. The molecule has 0 aromatic rings. The average molecular weight is 228 g/mol. The minimum atomic E-state index is -0.681. The lowest BCUT2D eigenvalue weighted by atomic mass is 9.98. The van der Waals surface area contributed by atoms with Gasteiger partial charge in [-0.2, -0.15) is 0 Å². The summed E-state index contributed by atoms with van der Waals surface area (Å²) >= 11 is 0. The second kappa shape index (κ2) is 4.97. The van der Waals surface area contributed by atoms with Gasteiger partial charge in [-0.15, -0.1) is 0 Å². The third kappa shape index (κ3) is 3.06. The fourth-order valence-electron chi connectivity index (χ4n) is 1.74. The van der Waals surface area contributed by atoms with Crippen molar-refractivity contribution in [3.63, 3.8) is 0 Å². The van der Waals surface area contributed by atoms with Crippen LogP contribution in [0.15, 0.2) is 12.2 Å². The van der Waals surface area contributed by atoms with Gasteiger partial charge in [0.2, 0.25) is 0 Å². The first kappa shape index (κ1) is 13.2. The fraction of sp³-hybridized carbons (Fsp3) is 0.750. The molecule has 4 heteroatoms. The molecule has 0 amide bonds. The predicted molar refractivity (Wildman–Crippen MR) is 60.0 cm³/mol. The highest BCUT2D eigenvalue weighted by molar-refractivity contribution is 5.87. The Bertz CT molecular complexity index is 283. The Morgan fingerprint density at radius 2 is 2.19 bits per heavy atom. The van der Waals surface area contributed by atoms with Crippen LogP contribution in [0.2, 0.25) is 0 Å². The van der Waals surface area contributed by atoms with E-state index in [1.165, 1.54) is 0 Å². The highest BCUT2D eigenvalue weighted by Gasteiger charge is 2.39. The zero-order chi connectivity index (χ0) is 12.3. The minimum absolute atomic E-state index is 0.0149. The van der Waals surface area contributed by atoms with E-state index in [9.17, 15) is 4.79 Å². The topological polar surface area (TPSA) is 55.8 Å². The van der Waals surface area contributed by atoms with E-state index < -0.39 is 11.6 Å². The summed E-state index contributed by atoms with van der Waals surface area (Å²) in [5, 5.41) is 8.97. The standard InChI is InChI=1S/C12H20O4/c1-8(2)11(14)16-12(3,4)10-6-5-9(7-13)15-10/h9-10,13H,1,5-7H2,2-4H3. The van der Waals surface area contributed by atoms with Crippen molar-refractivity contribution in [3.05, 3.63) is 12.2 Å². The van der Waals surface area contributed by atoms with Crippen molar-refractivity contribution in [1.29, 1.82) is 0 Å². The average Bonchev–Trinajstić information content (AvgIpc) is 2.65. The molecule has 4 nitrogen and oxygen atoms in total. The highest BCUT2D eigenvalue weighted by Crippen LogP contribution is 2.30. The van der Waals surface area contributed by atoms with Crippen molar-refractivity contribution in [2.75, 3.05) is 6.61 Å². The molecule has 0 aliphatic carbocycles. The van der Waals surface area contributed by atoms with E-state index in [2.05, 4.69) is 6.58 Å². The number of aliphatic hydroxyl groups excluding tert-OH is 1. The third-order valence-electron chi connectivity index (χ3n) is 2.79. The Balaban J connectivity index is 2.57. The van der Waals surface area contributed by atoms with Crippen molar-refractivity contribution >= 4 is 5.97 Å². The van der Waals surface area contributed by atoms with Gasteiger partial charge in [0.1, 0.15) is 5.60 Å². The summed E-state index contributed by atoms with van der Waals surface area (Å²) in [6, 6.07) is 0. The normalized spacial score (nSPS) is 25.5. The van der Waals surface area contributed by atoms with E-state index in [4.69, 9.17) is 14.6 Å². The molecule has 1 saturated heterocycles. The molecule has 0 radical (unpaired) electrons. The number of hydrogen-bond donors (Lipinski definition) is 1. The van der Waals surface area contributed by atoms with Gasteiger partial charge in [-0.05, 0) is 33.6 Å². The molecule has 1 N–H and O–H groups in total. The zero-order valence-corrected chi connectivity index (χ0v) is 10.2. The second-order valence-electron chi connectivity index (χ2n) is 4.78. The van der Waals surface area contributed by atoms with Crippen LogP contribution in [0.5, 0.6) is 0 Å². The summed E-state index contributed by atoms with van der Waals surface area (Å²) in [5.41, 5.74) is -0.301. The van der Waals surface area contributed by atoms with Crippen LogP contribution in [0.25, 0.3) is 0 Å². The maximum absolute atomic E-state index is 11.4. The van der Waals surface area contributed by atoms with Crippen LogP contribution >= 0.6 is 0 Å². The summed E-state index contributed by atoms with van der Waals surface area (Å²) in [6.45, 7) is 8.81. The molecule has 2 unspecified atom stereocenters. The van der Waals surface area contributed by atoms with Gasteiger partial charge in [-0.25, -0.2) is 4.79 Å². The fourth-order valence-corrected chi connectivity index (χ4v) is 1.74. The lowest BCUT2D eigenvalue weighted by Gasteiger charge is -2.31. The van der Waals surface area contributed by atoms with Crippen LogP contribution in [-0.2, 0) is 14.3 Å². The molecule has 0 saturated carbocycles. The van der Waals surface area contributed by atoms with Gasteiger partial charge in [0.15, 0.2) is 0 Å². The van der Waals surface area contributed by atoms with Gasteiger partial charge in [0, 0.05) is 5.57 Å². The molecule has 1 aliphatic rings. The third-order valence-corrected chi connectivity index (χ3v) is 2.79. The van der Waals surface area contributed by atoms with Crippen LogP contribution < -0.4 is 0 Å². The van der Waals surface area contributed by atoms with E-state index in [0.29, 0.717) is 5.57 Å². The number of aliphatic hydroxyl groups is 1. The van der Waals surface area contributed by atoms with Crippen LogP contribution in [0.3, 0.4) is 0 Å². The summed E-state index contributed by atoms with van der Waals surface area (Å²) < 4.78 is 10.9. The van der Waals surface area contributed by atoms with Crippen molar-refractivity contribution < 1.29 is 19.4 Å². The van der Waals surface area contributed by atoms with Gasteiger partial charge in [-0.1, -0.05) is 6.58 Å². The van der Waals surface area contributed by atoms with Crippen LogP contribution in [0, 0.1) is 0 Å². The summed E-state index contributed by atoms with van der Waals surface area (Å²) in [7, 11) is 0. The number of rotatable bonds is 4. The molecule has 0 spiro atoms. The van der Waals surface area contributed by atoms with Crippen LogP contribution in [-0.4, -0.2) is 35.5 Å². The van der Waals surface area contributed by atoms with Crippen LogP contribution in [0.1, 0.15) is 33.6 Å². The number of ether oxygens (including phenoxy) is 2. The zero-order valence-electron chi connectivity index (χ0n) is 10.2. The van der Waals surface area contributed by atoms with Gasteiger partial charge in [-0.3, -0.25) is 0 Å². The molecular weight excluding hydrogens is 208 g/mol. The molecule has 2 atom stereocenters. The first-order valence-electron chi connectivity index (χ1n) is 5.52. The van der Waals surface area contributed by atoms with E-state index in [1.807, 2.05) is 13.8 Å². The van der Waals surface area contributed by atoms with E-state index in [0.717, 1.165) is 12.8 Å². The van der Waals surface area contributed by atoms with Crippen molar-refractivity contribution in [3.8, 4) is 0 Å². The van der Waals surface area contributed by atoms with E-state index in [1.54, 1.807) is 6.92 Å². The maximum atomic E-state index is 11.4. The monoisotopic (exact) mass is 228 g/mol. The van der Waals surface area contributed by atoms with Crippen molar-refractivity contribution in [2.45, 2.75) is 51.4 Å². The van der Waals surface area contributed by atoms with Gasteiger partial charge >= 0.3 is 5.97 Å². The molecule has 16 heavy (non-hydrogen) atoms. The Labute approximate surface area is 96.2 Å². The van der Waals surface area contributed by atoms with E-state index in [-0.39, 0.29) is 18.8 Å². The first-order valence-corrected chi connectivity index (χ1v) is 5.52. The summed E-state index contributed by atoms with van der Waals surface area (Å²) in [4.78, 5) is 11.4. The lowest BCUT2D eigenvalue weighted by Crippen LogP contribution is -2.41. The second-order valence-corrected chi connectivity index (χ2v) is 4.78. The van der Waals surface area contributed by atoms with E-state index >= 15 is 0 Å². The van der Waals surface area contributed by atoms with Crippen LogP contribution in [0.4, 0.5) is 0 Å². The molecule has 92 valence electrons. The predicted octanol–water partition coefficient (Wildman–Crippen LogP) is 1.42. The molecule has 1 heterocycles. The van der Waals surface area contributed by atoms with Gasteiger partial charge < -0.3 is 14.6 Å². The van der Waals surface area contributed by atoms with Crippen molar-refractivity contribution in [1.82, 2.24) is 0 Å². The first-order chi connectivity index (χ1) is 7.36. The molecule has 0 bridgehead atoms. The number of carbonyl (C=O) groups excluding carboxylic acids is 1. The molecule has 1 fully saturated rings. The molecule has 1 rings (SSSR count). The van der Waals surface area contributed by atoms with Gasteiger partial charge in [0.05, 0.1) is 18.8 Å². The Kier molecular flexibility index (Phi) is 4.10. The molecule has 0 aromatic carbocycles. The lowest BCUT2D eigenvalue weighted by molar-refractivity contribution is -0.167. The largest absolute Gasteiger partial charge is 0.454 e. The SMILES string of the molecule is C=C(C)C(=O)OC(C)(C)C1CCC(CO)O1. The maximum Gasteiger partial charge on any atom is 0.333 e. The Morgan fingerprint density at radius 1 is 1.56 bits per heavy atom. The quantitative estimate of drug-likeness (QED) is 0.584. The Hall–Kier alpha value is -0.870. The molecule has 0 aromatic heterocycles. The Morgan fingerprint density at radius 3 is 2.62 bits per heavy atom. The number of carbonyl (C=O) groups is 1. The number of esters is 1. The number of hydrogen-bond acceptors (Lipinski definition) is 4. The minimum Gasteiger partial charge on any atom is -0.454 e. The van der Waals surface area contributed by atoms with Crippen molar-refractivity contribution in [2.24, 2.45) is 0 Å². The summed E-state index contributed by atoms with van der Waals surface area (Å²) in [6.07, 6.45) is 1.30. The highest BCUT2D eigenvalue weighted by atomic mass is 16.6.